The van der Waals surface area contributed by atoms with Crippen LogP contribution in [0.4, 0.5) is 0 Å². The molecule has 4 nitrogen and oxygen atoms in total. The second-order valence-electron chi connectivity index (χ2n) is 7.33. The summed E-state index contributed by atoms with van der Waals surface area (Å²) in [5.41, 5.74) is 1.57. The van der Waals surface area contributed by atoms with Gasteiger partial charge in [0, 0.05) is 12.3 Å². The first-order valence-corrected chi connectivity index (χ1v) is 7.57. The van der Waals surface area contributed by atoms with Gasteiger partial charge in [0.25, 0.3) is 0 Å². The molecule has 1 atom stereocenters. The Morgan fingerprint density at radius 2 is 1.85 bits per heavy atom. The molecular weight excluding hydrogens is 252 g/mol. The Labute approximate surface area is 120 Å². The Bertz CT molecular complexity index is 503. The third-order valence-corrected chi connectivity index (χ3v) is 5.39. The molecule has 110 valence electrons. The first-order chi connectivity index (χ1) is 9.39. The van der Waals surface area contributed by atoms with Gasteiger partial charge < -0.3 is 20.0 Å². The zero-order valence-corrected chi connectivity index (χ0v) is 12.5. The maximum Gasteiger partial charge on any atom is 0.157 e. The van der Waals surface area contributed by atoms with Crippen molar-refractivity contribution < 1.29 is 20.0 Å². The first kappa shape index (κ1) is 13.7. The normalized spacial score (nSPS) is 27.8. The average molecular weight is 278 g/mol. The van der Waals surface area contributed by atoms with Crippen molar-refractivity contribution >= 4 is 0 Å². The highest BCUT2D eigenvalue weighted by Gasteiger charge is 2.48. The number of phenols is 2. The molecule has 0 radical (unpaired) electrons. The van der Waals surface area contributed by atoms with E-state index in [4.69, 9.17) is 0 Å². The fraction of sp³-hybridized carbons (Fsp3) is 0.625. The molecule has 3 rings (SSSR count). The topological polar surface area (TPSA) is 57.1 Å². The van der Waals surface area contributed by atoms with Crippen LogP contribution in [0.15, 0.2) is 18.2 Å². The molecule has 4 N–H and O–H groups in total. The highest BCUT2D eigenvalue weighted by atomic mass is 16.3. The van der Waals surface area contributed by atoms with E-state index in [9.17, 15) is 10.2 Å². The molecule has 1 aromatic rings. The first-order valence-electron chi connectivity index (χ1n) is 7.57. The third kappa shape index (κ3) is 2.50. The number of aromatic hydroxyl groups is 2. The van der Waals surface area contributed by atoms with Gasteiger partial charge in [-0.15, -0.1) is 0 Å². The van der Waals surface area contributed by atoms with Crippen LogP contribution < -0.4 is 5.32 Å². The molecule has 0 bridgehead atoms. The minimum Gasteiger partial charge on any atom is -0.504 e. The van der Waals surface area contributed by atoms with E-state index in [1.807, 2.05) is 6.07 Å². The van der Waals surface area contributed by atoms with Gasteiger partial charge in [-0.2, -0.15) is 0 Å². The Morgan fingerprint density at radius 1 is 1.15 bits per heavy atom. The van der Waals surface area contributed by atoms with E-state index in [0.717, 1.165) is 16.6 Å². The molecule has 2 heterocycles. The standard InChI is InChI=1S/C16H24N2O2/c1-18(2)7-5-16(6-8-18)10-13(11-17-16)12-3-4-14(19)15(20)9-12/h3-4,9,13,17H,5-8,10-11H2,1-2H3,(H-,19,20)/p+2. The molecule has 2 fully saturated rings. The van der Waals surface area contributed by atoms with Crippen molar-refractivity contribution in [3.8, 4) is 11.5 Å². The predicted molar refractivity (Wildman–Crippen MR) is 77.7 cm³/mol. The monoisotopic (exact) mass is 278 g/mol. The van der Waals surface area contributed by atoms with Crippen molar-refractivity contribution in [2.24, 2.45) is 0 Å². The Hall–Kier alpha value is -1.26. The van der Waals surface area contributed by atoms with E-state index in [2.05, 4.69) is 19.4 Å². The van der Waals surface area contributed by atoms with Crippen LogP contribution in [0.1, 0.15) is 30.7 Å². The molecule has 2 aliphatic rings. The van der Waals surface area contributed by atoms with E-state index >= 15 is 0 Å². The van der Waals surface area contributed by atoms with E-state index < -0.39 is 0 Å². The van der Waals surface area contributed by atoms with Crippen molar-refractivity contribution in [1.82, 2.24) is 0 Å². The largest absolute Gasteiger partial charge is 0.504 e. The number of quaternary nitrogens is 2. The van der Waals surface area contributed by atoms with Gasteiger partial charge >= 0.3 is 0 Å². The lowest BCUT2D eigenvalue weighted by Gasteiger charge is -2.40. The molecule has 0 saturated carbocycles. The average Bonchev–Trinajstić information content (AvgIpc) is 2.82. The zero-order chi connectivity index (χ0) is 14.4. The minimum atomic E-state index is -0.0258. The Morgan fingerprint density at radius 3 is 2.50 bits per heavy atom. The Kier molecular flexibility index (Phi) is 3.18. The van der Waals surface area contributed by atoms with Crippen LogP contribution in [0.2, 0.25) is 0 Å². The number of nitrogens with zero attached hydrogens (tertiary/aromatic N) is 1. The summed E-state index contributed by atoms with van der Waals surface area (Å²) in [6, 6.07) is 5.29. The number of nitrogens with two attached hydrogens (primary N) is 1. The van der Waals surface area contributed by atoms with Crippen LogP contribution in [0, 0.1) is 0 Å². The van der Waals surface area contributed by atoms with Crippen LogP contribution in [0.5, 0.6) is 11.5 Å². The summed E-state index contributed by atoms with van der Waals surface area (Å²) in [6.45, 7) is 3.60. The maximum absolute atomic E-state index is 9.67. The van der Waals surface area contributed by atoms with Crippen LogP contribution in [0.3, 0.4) is 0 Å². The molecule has 20 heavy (non-hydrogen) atoms. The van der Waals surface area contributed by atoms with Crippen molar-refractivity contribution in [3.05, 3.63) is 23.8 Å². The summed E-state index contributed by atoms with van der Waals surface area (Å²) >= 11 is 0. The second-order valence-corrected chi connectivity index (χ2v) is 7.33. The summed E-state index contributed by atoms with van der Waals surface area (Å²) < 4.78 is 1.14. The fourth-order valence-electron chi connectivity index (χ4n) is 3.79. The van der Waals surface area contributed by atoms with E-state index in [1.54, 1.807) is 12.1 Å². The van der Waals surface area contributed by atoms with Crippen molar-refractivity contribution in [3.63, 3.8) is 0 Å². The summed E-state index contributed by atoms with van der Waals surface area (Å²) in [5, 5.41) is 21.6. The van der Waals surface area contributed by atoms with Gasteiger partial charge in [-0.3, -0.25) is 0 Å². The molecule has 1 spiro atoms. The lowest BCUT2D eigenvalue weighted by Crippen LogP contribution is -2.95. The van der Waals surface area contributed by atoms with Crippen LogP contribution in [-0.2, 0) is 0 Å². The van der Waals surface area contributed by atoms with Gasteiger partial charge in [0.05, 0.1) is 46.6 Å². The second kappa shape index (κ2) is 4.64. The zero-order valence-electron chi connectivity index (χ0n) is 12.5. The quantitative estimate of drug-likeness (QED) is 0.525. The summed E-state index contributed by atoms with van der Waals surface area (Å²) in [7, 11) is 4.63. The molecular formula is C16H26N2O2+2. The highest BCUT2D eigenvalue weighted by molar-refractivity contribution is 5.42. The molecule has 1 aromatic carbocycles. The van der Waals surface area contributed by atoms with Gasteiger partial charge in [0.2, 0.25) is 0 Å². The van der Waals surface area contributed by atoms with Crippen molar-refractivity contribution in [2.45, 2.75) is 30.7 Å². The van der Waals surface area contributed by atoms with Crippen LogP contribution >= 0.6 is 0 Å². The SMILES string of the molecule is C[N+]1(C)CCC2(CC1)CC(c1ccc(O)c(O)c1)C[NH2+]2. The number of likely N-dealkylation sites (tertiary alicyclic amines) is 1. The molecule has 2 aliphatic heterocycles. The van der Waals surface area contributed by atoms with Gasteiger partial charge in [0.15, 0.2) is 11.5 Å². The molecule has 1 unspecified atom stereocenters. The summed E-state index contributed by atoms with van der Waals surface area (Å²) in [5.74, 6) is 0.474. The van der Waals surface area contributed by atoms with Gasteiger partial charge in [0.1, 0.15) is 5.54 Å². The third-order valence-electron chi connectivity index (χ3n) is 5.39. The highest BCUT2D eigenvalue weighted by Crippen LogP contribution is 2.37. The number of hydrogen-bond donors (Lipinski definition) is 3. The van der Waals surface area contributed by atoms with Gasteiger partial charge in [-0.05, 0) is 17.7 Å². The van der Waals surface area contributed by atoms with E-state index in [-0.39, 0.29) is 11.5 Å². The van der Waals surface area contributed by atoms with E-state index in [0.29, 0.717) is 11.5 Å². The van der Waals surface area contributed by atoms with Crippen LogP contribution in [-0.4, -0.2) is 54.0 Å². The molecule has 0 aliphatic carbocycles. The number of piperidine rings is 1. The van der Waals surface area contributed by atoms with Gasteiger partial charge in [-0.25, -0.2) is 0 Å². The van der Waals surface area contributed by atoms with Crippen molar-refractivity contribution in [2.75, 3.05) is 33.7 Å². The summed E-state index contributed by atoms with van der Waals surface area (Å²) in [6.07, 6.45) is 3.75. The lowest BCUT2D eigenvalue weighted by atomic mass is 9.81. The molecule has 0 aromatic heterocycles. The Balaban J connectivity index is 1.72. The summed E-state index contributed by atoms with van der Waals surface area (Å²) in [4.78, 5) is 0. The van der Waals surface area contributed by atoms with Crippen LogP contribution in [0.25, 0.3) is 0 Å². The minimum absolute atomic E-state index is 0.00453. The van der Waals surface area contributed by atoms with Crippen molar-refractivity contribution in [1.29, 1.82) is 0 Å². The van der Waals surface area contributed by atoms with E-state index in [1.165, 1.54) is 32.4 Å². The molecule has 2 saturated heterocycles. The molecule has 4 heteroatoms. The molecule has 0 amide bonds. The van der Waals surface area contributed by atoms with Gasteiger partial charge in [-0.1, -0.05) is 6.07 Å². The number of phenolic OH excluding ortho intramolecular Hbond substituents is 2. The number of rotatable bonds is 1. The predicted octanol–water partition coefficient (Wildman–Crippen LogP) is 0.758. The number of hydrogen-bond acceptors (Lipinski definition) is 2. The maximum atomic E-state index is 9.67. The smallest absolute Gasteiger partial charge is 0.157 e. The fourth-order valence-corrected chi connectivity index (χ4v) is 3.79. The number of benzene rings is 1. The lowest BCUT2D eigenvalue weighted by molar-refractivity contribution is -0.906.